The first kappa shape index (κ1) is 22.0. The maximum Gasteiger partial charge on any atom is 0.331 e. The summed E-state index contributed by atoms with van der Waals surface area (Å²) in [7, 11) is 1.53. The molecule has 0 fully saturated rings. The van der Waals surface area contributed by atoms with Gasteiger partial charge in [-0.3, -0.25) is 4.79 Å². The molecule has 0 saturated carbocycles. The van der Waals surface area contributed by atoms with E-state index in [1.165, 1.54) is 13.2 Å². The number of nitrogens with one attached hydrogen (secondary N) is 1. The minimum absolute atomic E-state index is 0.0864. The monoisotopic (exact) mass is 374 g/mol. The summed E-state index contributed by atoms with van der Waals surface area (Å²) >= 11 is 0. The van der Waals surface area contributed by atoms with Gasteiger partial charge in [0.2, 0.25) is 0 Å². The maximum atomic E-state index is 11.9. The van der Waals surface area contributed by atoms with Crippen LogP contribution in [0.3, 0.4) is 0 Å². The Morgan fingerprint density at radius 2 is 2.04 bits per heavy atom. The van der Waals surface area contributed by atoms with Crippen molar-refractivity contribution in [2.45, 2.75) is 33.2 Å². The Hall–Kier alpha value is -3.01. The molecule has 1 amide bonds. The van der Waals surface area contributed by atoms with Crippen molar-refractivity contribution in [3.05, 3.63) is 29.8 Å². The summed E-state index contributed by atoms with van der Waals surface area (Å²) in [6.45, 7) is 7.20. The predicted octanol–water partition coefficient (Wildman–Crippen LogP) is 2.70. The molecular weight excluding hydrogens is 348 g/mol. The molecule has 1 unspecified atom stereocenters. The molecule has 0 aromatic heterocycles. The lowest BCUT2D eigenvalue weighted by atomic mass is 9.90. The minimum atomic E-state index is -1.02. The number of benzene rings is 1. The lowest BCUT2D eigenvalue weighted by Gasteiger charge is -2.27. The molecule has 7 heteroatoms. The number of carbonyl (C=O) groups is 2. The summed E-state index contributed by atoms with van der Waals surface area (Å²) in [5.74, 6) is -0.117. The van der Waals surface area contributed by atoms with Gasteiger partial charge in [-0.2, -0.15) is 5.26 Å². The number of amides is 1. The van der Waals surface area contributed by atoms with Crippen LogP contribution in [0.15, 0.2) is 24.3 Å². The summed E-state index contributed by atoms with van der Waals surface area (Å²) in [5.41, 5.74) is -0.299. The Morgan fingerprint density at radius 1 is 1.33 bits per heavy atom. The molecular formula is C20H26N2O5. The van der Waals surface area contributed by atoms with Crippen molar-refractivity contribution in [1.29, 1.82) is 5.26 Å². The Morgan fingerprint density at radius 3 is 2.59 bits per heavy atom. The number of hydrogen-bond acceptors (Lipinski definition) is 6. The van der Waals surface area contributed by atoms with Crippen LogP contribution >= 0.6 is 0 Å². The average Bonchev–Trinajstić information content (AvgIpc) is 2.65. The quantitative estimate of drug-likeness (QED) is 0.527. The number of hydrogen-bond donors (Lipinski definition) is 1. The molecule has 1 aromatic rings. The van der Waals surface area contributed by atoms with E-state index in [9.17, 15) is 14.9 Å². The van der Waals surface area contributed by atoms with Gasteiger partial charge < -0.3 is 19.5 Å². The van der Waals surface area contributed by atoms with Crippen molar-refractivity contribution in [1.82, 2.24) is 5.32 Å². The standard InChI is InChI=1S/C20H26N2O5/c1-6-26-16-9-7-15(11-17(16)25-5)8-10-19(24)27-12-18(23)22-20(4,13-21)14(2)3/h7-11,14H,6,12H2,1-5H3,(H,22,23). The van der Waals surface area contributed by atoms with Gasteiger partial charge in [0, 0.05) is 6.08 Å². The van der Waals surface area contributed by atoms with Crippen molar-refractivity contribution >= 4 is 18.0 Å². The number of ether oxygens (including phenoxy) is 3. The smallest absolute Gasteiger partial charge is 0.331 e. The van der Waals surface area contributed by atoms with Crippen LogP contribution in [0.2, 0.25) is 0 Å². The van der Waals surface area contributed by atoms with Gasteiger partial charge in [0.1, 0.15) is 5.54 Å². The van der Waals surface area contributed by atoms with Crippen LogP contribution in [-0.4, -0.2) is 37.7 Å². The Labute approximate surface area is 159 Å². The summed E-state index contributed by atoms with van der Waals surface area (Å²) in [6, 6.07) is 7.30. The van der Waals surface area contributed by atoms with Gasteiger partial charge >= 0.3 is 5.97 Å². The zero-order valence-electron chi connectivity index (χ0n) is 16.4. The molecule has 0 bridgehead atoms. The van der Waals surface area contributed by atoms with Crippen molar-refractivity contribution in [2.75, 3.05) is 20.3 Å². The molecule has 0 heterocycles. The molecule has 146 valence electrons. The summed E-state index contributed by atoms with van der Waals surface area (Å²) in [4.78, 5) is 23.7. The van der Waals surface area contributed by atoms with Gasteiger partial charge in [-0.15, -0.1) is 0 Å². The third-order valence-electron chi connectivity index (χ3n) is 4.03. The highest BCUT2D eigenvalue weighted by molar-refractivity contribution is 5.89. The van der Waals surface area contributed by atoms with E-state index in [1.54, 1.807) is 31.2 Å². The van der Waals surface area contributed by atoms with Crippen LogP contribution in [0.1, 0.15) is 33.3 Å². The molecule has 7 nitrogen and oxygen atoms in total. The van der Waals surface area contributed by atoms with Gasteiger partial charge in [0.25, 0.3) is 5.91 Å². The fourth-order valence-electron chi connectivity index (χ4n) is 2.04. The first-order valence-electron chi connectivity index (χ1n) is 8.63. The lowest BCUT2D eigenvalue weighted by Crippen LogP contribution is -2.50. The largest absolute Gasteiger partial charge is 0.493 e. The van der Waals surface area contributed by atoms with Crippen molar-refractivity contribution in [3.8, 4) is 17.6 Å². The highest BCUT2D eigenvalue weighted by Gasteiger charge is 2.30. The van der Waals surface area contributed by atoms with Crippen LogP contribution in [0, 0.1) is 17.2 Å². The number of rotatable bonds is 9. The minimum Gasteiger partial charge on any atom is -0.493 e. The number of methoxy groups -OCH3 is 1. The van der Waals surface area contributed by atoms with Gasteiger partial charge in [-0.05, 0) is 43.5 Å². The molecule has 27 heavy (non-hydrogen) atoms. The van der Waals surface area contributed by atoms with E-state index in [4.69, 9.17) is 14.2 Å². The molecule has 0 aliphatic heterocycles. The van der Waals surface area contributed by atoms with E-state index in [0.717, 1.165) is 0 Å². The van der Waals surface area contributed by atoms with Crippen molar-refractivity contribution < 1.29 is 23.8 Å². The summed E-state index contributed by atoms with van der Waals surface area (Å²) < 4.78 is 15.6. The van der Waals surface area contributed by atoms with Gasteiger partial charge in [0.15, 0.2) is 18.1 Å². The molecule has 1 aromatic carbocycles. The first-order valence-corrected chi connectivity index (χ1v) is 8.63. The Kier molecular flexibility index (Phi) is 8.34. The van der Waals surface area contributed by atoms with Gasteiger partial charge in [-0.1, -0.05) is 19.9 Å². The third kappa shape index (κ3) is 6.66. The van der Waals surface area contributed by atoms with Crippen LogP contribution in [0.4, 0.5) is 0 Å². The van der Waals surface area contributed by atoms with E-state index in [2.05, 4.69) is 11.4 Å². The summed E-state index contributed by atoms with van der Waals surface area (Å²) in [5, 5.41) is 11.8. The van der Waals surface area contributed by atoms with Crippen LogP contribution in [-0.2, 0) is 14.3 Å². The maximum absolute atomic E-state index is 11.9. The first-order chi connectivity index (χ1) is 12.8. The zero-order valence-corrected chi connectivity index (χ0v) is 16.4. The molecule has 1 atom stereocenters. The van der Waals surface area contributed by atoms with Crippen molar-refractivity contribution in [3.63, 3.8) is 0 Å². The number of nitrogens with zero attached hydrogens (tertiary/aromatic N) is 1. The van der Waals surface area contributed by atoms with E-state index in [-0.39, 0.29) is 5.92 Å². The zero-order chi connectivity index (χ0) is 20.4. The molecule has 0 aliphatic rings. The highest BCUT2D eigenvalue weighted by atomic mass is 16.5. The van der Waals surface area contributed by atoms with E-state index in [1.807, 2.05) is 20.8 Å². The molecule has 1 N–H and O–H groups in total. The van der Waals surface area contributed by atoms with E-state index < -0.39 is 24.0 Å². The Bertz CT molecular complexity index is 736. The molecule has 0 radical (unpaired) electrons. The van der Waals surface area contributed by atoms with Crippen LogP contribution in [0.25, 0.3) is 6.08 Å². The van der Waals surface area contributed by atoms with Gasteiger partial charge in [0.05, 0.1) is 19.8 Å². The van der Waals surface area contributed by atoms with Gasteiger partial charge in [-0.25, -0.2) is 4.79 Å². The second-order valence-corrected chi connectivity index (χ2v) is 6.30. The van der Waals surface area contributed by atoms with E-state index >= 15 is 0 Å². The third-order valence-corrected chi connectivity index (χ3v) is 4.03. The molecule has 1 rings (SSSR count). The second kappa shape index (κ2) is 10.2. The topological polar surface area (TPSA) is 97.6 Å². The fraction of sp³-hybridized carbons (Fsp3) is 0.450. The fourth-order valence-corrected chi connectivity index (χ4v) is 2.04. The predicted molar refractivity (Wildman–Crippen MR) is 101 cm³/mol. The second-order valence-electron chi connectivity index (χ2n) is 6.30. The SMILES string of the molecule is CCOc1ccc(C=CC(=O)OCC(=O)NC(C)(C#N)C(C)C)cc1OC. The highest BCUT2D eigenvalue weighted by Crippen LogP contribution is 2.28. The number of carbonyl (C=O) groups excluding carboxylic acids is 2. The average molecular weight is 374 g/mol. The molecule has 0 spiro atoms. The summed E-state index contributed by atoms with van der Waals surface area (Å²) in [6.07, 6.45) is 2.76. The lowest BCUT2D eigenvalue weighted by molar-refractivity contribution is -0.144. The van der Waals surface area contributed by atoms with E-state index in [0.29, 0.717) is 23.7 Å². The normalized spacial score (nSPS) is 12.9. The van der Waals surface area contributed by atoms with Crippen LogP contribution in [0.5, 0.6) is 11.5 Å². The Balaban J connectivity index is 2.62. The van der Waals surface area contributed by atoms with Crippen molar-refractivity contribution in [2.24, 2.45) is 5.92 Å². The number of nitriles is 1. The van der Waals surface area contributed by atoms with Crippen LogP contribution < -0.4 is 14.8 Å². The molecule has 0 aliphatic carbocycles. The number of esters is 1. The molecule has 0 saturated heterocycles.